The molecule has 0 unspecified atom stereocenters. The van der Waals surface area contributed by atoms with E-state index in [1.807, 2.05) is 0 Å². The number of rotatable bonds is 5. The van der Waals surface area contributed by atoms with Crippen LogP contribution in [0.1, 0.15) is 0 Å². The molecule has 23 heavy (non-hydrogen) atoms. The summed E-state index contributed by atoms with van der Waals surface area (Å²) in [5.41, 5.74) is 0.531. The Morgan fingerprint density at radius 2 is 1.83 bits per heavy atom. The molecule has 3 aromatic rings. The number of aromatic amines is 1. The van der Waals surface area contributed by atoms with Gasteiger partial charge in [0.25, 0.3) is 0 Å². The first-order valence-electron chi connectivity index (χ1n) is 6.36. The van der Waals surface area contributed by atoms with Gasteiger partial charge in [-0.25, -0.2) is 9.97 Å². The Morgan fingerprint density at radius 1 is 1.09 bits per heavy atom. The molecule has 0 fully saturated rings. The standard InChI is InChI=1S/C13H11N5O5/c1-21-9-3-7(18(19)20)8(4-10(9)22-2)23-13-11-12(15-5-14-11)16-6-17-13/h3-6H,1-2H3,(H,14,15,16,17). The first kappa shape index (κ1) is 14.5. The van der Waals surface area contributed by atoms with E-state index in [1.165, 1.54) is 39.0 Å². The van der Waals surface area contributed by atoms with E-state index in [1.54, 1.807) is 0 Å². The van der Waals surface area contributed by atoms with Crippen molar-refractivity contribution in [3.63, 3.8) is 0 Å². The van der Waals surface area contributed by atoms with Crippen LogP contribution in [-0.4, -0.2) is 39.1 Å². The molecule has 0 radical (unpaired) electrons. The van der Waals surface area contributed by atoms with Gasteiger partial charge in [-0.2, -0.15) is 4.98 Å². The van der Waals surface area contributed by atoms with Crippen LogP contribution in [0.2, 0.25) is 0 Å². The molecule has 118 valence electrons. The van der Waals surface area contributed by atoms with Crippen LogP contribution in [0.3, 0.4) is 0 Å². The summed E-state index contributed by atoms with van der Waals surface area (Å²) in [5.74, 6) is 0.592. The van der Waals surface area contributed by atoms with Gasteiger partial charge in [0.15, 0.2) is 17.1 Å². The average Bonchev–Trinajstić information content (AvgIpc) is 3.03. The topological polar surface area (TPSA) is 125 Å². The lowest BCUT2D eigenvalue weighted by atomic mass is 10.2. The molecule has 2 aromatic heterocycles. The highest BCUT2D eigenvalue weighted by Gasteiger charge is 2.23. The van der Waals surface area contributed by atoms with E-state index in [-0.39, 0.29) is 23.1 Å². The van der Waals surface area contributed by atoms with Crippen LogP contribution in [0.5, 0.6) is 23.1 Å². The number of nitro groups is 1. The smallest absolute Gasteiger partial charge is 0.315 e. The summed E-state index contributed by atoms with van der Waals surface area (Å²) in [6.45, 7) is 0. The summed E-state index contributed by atoms with van der Waals surface area (Å²) in [5, 5.41) is 11.3. The van der Waals surface area contributed by atoms with E-state index in [4.69, 9.17) is 14.2 Å². The summed E-state index contributed by atoms with van der Waals surface area (Å²) >= 11 is 0. The molecule has 0 aliphatic carbocycles. The number of methoxy groups -OCH3 is 2. The molecule has 0 atom stereocenters. The van der Waals surface area contributed by atoms with Gasteiger partial charge in [-0.05, 0) is 0 Å². The third kappa shape index (κ3) is 2.57. The van der Waals surface area contributed by atoms with Crippen LogP contribution in [0.4, 0.5) is 5.69 Å². The van der Waals surface area contributed by atoms with Gasteiger partial charge < -0.3 is 19.2 Å². The van der Waals surface area contributed by atoms with Crippen LogP contribution in [0, 0.1) is 10.1 Å². The average molecular weight is 317 g/mol. The van der Waals surface area contributed by atoms with Gasteiger partial charge in [-0.15, -0.1) is 0 Å². The zero-order chi connectivity index (χ0) is 16.4. The summed E-state index contributed by atoms with van der Waals surface area (Å²) in [6, 6.07) is 2.58. The van der Waals surface area contributed by atoms with Crippen molar-refractivity contribution in [2.24, 2.45) is 0 Å². The minimum absolute atomic E-state index is 0.0396. The maximum absolute atomic E-state index is 11.3. The van der Waals surface area contributed by atoms with Crippen molar-refractivity contribution in [1.82, 2.24) is 19.9 Å². The number of hydrogen-bond acceptors (Lipinski definition) is 8. The normalized spacial score (nSPS) is 10.5. The lowest BCUT2D eigenvalue weighted by Gasteiger charge is -2.11. The first-order chi connectivity index (χ1) is 11.1. The van der Waals surface area contributed by atoms with Gasteiger partial charge in [0, 0.05) is 6.07 Å². The highest BCUT2D eigenvalue weighted by Crippen LogP contribution is 2.41. The summed E-state index contributed by atoms with van der Waals surface area (Å²) in [6.07, 6.45) is 2.68. The van der Waals surface area contributed by atoms with Crippen LogP contribution in [0.25, 0.3) is 11.2 Å². The van der Waals surface area contributed by atoms with Gasteiger partial charge in [0.05, 0.1) is 31.5 Å². The highest BCUT2D eigenvalue weighted by molar-refractivity contribution is 5.75. The van der Waals surface area contributed by atoms with Crippen molar-refractivity contribution in [3.05, 3.63) is 34.9 Å². The van der Waals surface area contributed by atoms with Crippen molar-refractivity contribution in [1.29, 1.82) is 0 Å². The number of aromatic nitrogens is 4. The predicted octanol–water partition coefficient (Wildman–Crippen LogP) is 2.07. The van der Waals surface area contributed by atoms with E-state index < -0.39 is 4.92 Å². The molecule has 0 spiro atoms. The van der Waals surface area contributed by atoms with E-state index in [9.17, 15) is 10.1 Å². The maximum Gasteiger partial charge on any atom is 0.315 e. The molecular weight excluding hydrogens is 306 g/mol. The number of imidazole rings is 1. The highest BCUT2D eigenvalue weighted by atomic mass is 16.6. The molecule has 2 heterocycles. The third-order valence-electron chi connectivity index (χ3n) is 3.06. The van der Waals surface area contributed by atoms with E-state index >= 15 is 0 Å². The zero-order valence-electron chi connectivity index (χ0n) is 12.1. The second-order valence-electron chi connectivity index (χ2n) is 4.31. The second-order valence-corrected chi connectivity index (χ2v) is 4.31. The minimum atomic E-state index is -0.581. The molecule has 3 rings (SSSR count). The molecular formula is C13H11N5O5. The van der Waals surface area contributed by atoms with Crippen LogP contribution in [0.15, 0.2) is 24.8 Å². The lowest BCUT2D eigenvalue weighted by Crippen LogP contribution is -1.99. The fourth-order valence-electron chi connectivity index (χ4n) is 2.00. The quantitative estimate of drug-likeness (QED) is 0.560. The molecule has 0 amide bonds. The monoisotopic (exact) mass is 317 g/mol. The Labute approximate surface area is 129 Å². The van der Waals surface area contributed by atoms with E-state index in [0.717, 1.165) is 0 Å². The lowest BCUT2D eigenvalue weighted by molar-refractivity contribution is -0.385. The molecule has 0 saturated heterocycles. The molecule has 0 saturated carbocycles. The summed E-state index contributed by atoms with van der Waals surface area (Å²) in [7, 11) is 2.81. The van der Waals surface area contributed by atoms with Crippen molar-refractivity contribution in [2.75, 3.05) is 14.2 Å². The van der Waals surface area contributed by atoms with Crippen molar-refractivity contribution in [3.8, 4) is 23.1 Å². The number of H-pyrrole nitrogens is 1. The Hall–Kier alpha value is -3.43. The SMILES string of the molecule is COc1cc(Oc2ncnc3nc[nH]c23)c([N+](=O)[O-])cc1OC. The molecule has 1 N–H and O–H groups in total. The Kier molecular flexibility index (Phi) is 3.63. The van der Waals surface area contributed by atoms with Gasteiger partial charge in [-0.1, -0.05) is 0 Å². The number of nitrogens with zero attached hydrogens (tertiary/aromatic N) is 4. The fraction of sp³-hybridized carbons (Fsp3) is 0.154. The van der Waals surface area contributed by atoms with Crippen molar-refractivity contribution >= 4 is 16.9 Å². The zero-order valence-corrected chi connectivity index (χ0v) is 12.1. The molecule has 0 aliphatic heterocycles. The fourth-order valence-corrected chi connectivity index (χ4v) is 2.00. The Bertz CT molecular complexity index is 878. The summed E-state index contributed by atoms with van der Waals surface area (Å²) in [4.78, 5) is 25.4. The Morgan fingerprint density at radius 3 is 2.52 bits per heavy atom. The number of nitrogens with one attached hydrogen (secondary N) is 1. The number of fused-ring (bicyclic) bond motifs is 1. The molecule has 0 aliphatic rings. The Balaban J connectivity index is 2.11. The maximum atomic E-state index is 11.3. The van der Waals surface area contributed by atoms with Crippen LogP contribution in [-0.2, 0) is 0 Å². The van der Waals surface area contributed by atoms with E-state index in [2.05, 4.69) is 19.9 Å². The van der Waals surface area contributed by atoms with Crippen molar-refractivity contribution in [2.45, 2.75) is 0 Å². The number of hydrogen-bond donors (Lipinski definition) is 1. The molecule has 1 aromatic carbocycles. The number of ether oxygens (including phenoxy) is 3. The predicted molar refractivity (Wildman–Crippen MR) is 78.0 cm³/mol. The van der Waals surface area contributed by atoms with Crippen LogP contribution >= 0.6 is 0 Å². The first-order valence-corrected chi connectivity index (χ1v) is 6.36. The van der Waals surface area contributed by atoms with Gasteiger partial charge in [0.2, 0.25) is 11.6 Å². The van der Waals surface area contributed by atoms with Gasteiger partial charge in [0.1, 0.15) is 11.8 Å². The minimum Gasteiger partial charge on any atom is -0.493 e. The molecule has 0 bridgehead atoms. The summed E-state index contributed by atoms with van der Waals surface area (Å²) < 4.78 is 15.8. The largest absolute Gasteiger partial charge is 0.493 e. The molecule has 10 heteroatoms. The van der Waals surface area contributed by atoms with Crippen LogP contribution < -0.4 is 14.2 Å². The van der Waals surface area contributed by atoms with Gasteiger partial charge in [-0.3, -0.25) is 10.1 Å². The van der Waals surface area contributed by atoms with Crippen molar-refractivity contribution < 1.29 is 19.1 Å². The second kappa shape index (κ2) is 5.75. The van der Waals surface area contributed by atoms with E-state index in [0.29, 0.717) is 16.9 Å². The number of benzene rings is 1. The molecule has 10 nitrogen and oxygen atoms in total. The third-order valence-corrected chi connectivity index (χ3v) is 3.06. The number of nitro benzene ring substituents is 1. The van der Waals surface area contributed by atoms with Gasteiger partial charge >= 0.3 is 5.69 Å².